The second kappa shape index (κ2) is 9.09. The Morgan fingerprint density at radius 2 is 1.95 bits per heavy atom. The molecule has 0 bridgehead atoms. The van der Waals surface area contributed by atoms with Gasteiger partial charge in [0.15, 0.2) is 5.76 Å². The molecule has 128 valence electrons. The summed E-state index contributed by atoms with van der Waals surface area (Å²) in [6, 6.07) is -0.877. The Labute approximate surface area is 136 Å². The molecule has 0 saturated carbocycles. The van der Waals surface area contributed by atoms with Crippen molar-refractivity contribution in [1.29, 1.82) is 0 Å². The van der Waals surface area contributed by atoms with Crippen molar-refractivity contribution in [2.45, 2.75) is 38.1 Å². The number of halogens is 1. The molecule has 1 rings (SSSR count). The van der Waals surface area contributed by atoms with Crippen LogP contribution in [0, 0.1) is 13.8 Å². The largest absolute Gasteiger partial charge is 0.360 e. The van der Waals surface area contributed by atoms with E-state index in [9.17, 15) is 13.2 Å². The number of rotatable bonds is 8. The van der Waals surface area contributed by atoms with E-state index in [2.05, 4.69) is 20.5 Å². The minimum atomic E-state index is -3.84. The van der Waals surface area contributed by atoms with Gasteiger partial charge in [-0.1, -0.05) is 5.16 Å². The van der Waals surface area contributed by atoms with E-state index in [4.69, 9.17) is 4.52 Å². The summed E-state index contributed by atoms with van der Waals surface area (Å²) in [4.78, 5) is 11.8. The van der Waals surface area contributed by atoms with Crippen LogP contribution in [0.3, 0.4) is 0 Å². The Morgan fingerprint density at radius 1 is 1.32 bits per heavy atom. The molecule has 1 aromatic rings. The summed E-state index contributed by atoms with van der Waals surface area (Å²) < 4.78 is 31.6. The average molecular weight is 355 g/mol. The van der Waals surface area contributed by atoms with Crippen LogP contribution in [-0.4, -0.2) is 45.7 Å². The molecule has 1 amide bonds. The molecular formula is C12H23ClN4O4S. The van der Waals surface area contributed by atoms with E-state index < -0.39 is 16.1 Å². The number of nitrogens with zero attached hydrogens (tertiary/aromatic N) is 1. The summed E-state index contributed by atoms with van der Waals surface area (Å²) in [7, 11) is -2.02. The number of hydrogen-bond acceptors (Lipinski definition) is 6. The SMILES string of the molecule is CNCCCNC(=O)C(C)NS(=O)(=O)c1c(C)noc1C.Cl. The van der Waals surface area contributed by atoms with Crippen molar-refractivity contribution in [2.75, 3.05) is 20.1 Å². The first-order valence-electron chi connectivity index (χ1n) is 6.67. The molecular weight excluding hydrogens is 332 g/mol. The van der Waals surface area contributed by atoms with Gasteiger partial charge in [-0.2, -0.15) is 4.72 Å². The monoisotopic (exact) mass is 354 g/mol. The Hall–Kier alpha value is -1.16. The molecule has 3 N–H and O–H groups in total. The smallest absolute Gasteiger partial charge is 0.246 e. The quantitative estimate of drug-likeness (QED) is 0.571. The Balaban J connectivity index is 0.00000441. The van der Waals surface area contributed by atoms with E-state index in [1.807, 2.05) is 7.05 Å². The number of carbonyl (C=O) groups is 1. The number of aryl methyl sites for hydroxylation is 2. The first-order chi connectivity index (χ1) is 9.79. The lowest BCUT2D eigenvalue weighted by Gasteiger charge is -2.14. The van der Waals surface area contributed by atoms with Gasteiger partial charge in [0.05, 0.1) is 6.04 Å². The fourth-order valence-electron chi connectivity index (χ4n) is 1.83. The van der Waals surface area contributed by atoms with Gasteiger partial charge in [0.1, 0.15) is 10.6 Å². The summed E-state index contributed by atoms with van der Waals surface area (Å²) in [5.41, 5.74) is 0.265. The second-order valence-corrected chi connectivity index (χ2v) is 6.40. The highest BCUT2D eigenvalue weighted by Crippen LogP contribution is 2.18. The van der Waals surface area contributed by atoms with Gasteiger partial charge in [-0.3, -0.25) is 4.79 Å². The maximum absolute atomic E-state index is 12.2. The average Bonchev–Trinajstić information content (AvgIpc) is 2.74. The third-order valence-corrected chi connectivity index (χ3v) is 4.65. The highest BCUT2D eigenvalue weighted by molar-refractivity contribution is 7.89. The van der Waals surface area contributed by atoms with Gasteiger partial charge < -0.3 is 15.2 Å². The van der Waals surface area contributed by atoms with Gasteiger partial charge in [-0.15, -0.1) is 12.4 Å². The summed E-state index contributed by atoms with van der Waals surface area (Å²) in [6.07, 6.45) is 0.769. The molecule has 1 aromatic heterocycles. The molecule has 0 spiro atoms. The van der Waals surface area contributed by atoms with E-state index in [0.717, 1.165) is 13.0 Å². The summed E-state index contributed by atoms with van der Waals surface area (Å²) in [5, 5.41) is 9.23. The zero-order chi connectivity index (χ0) is 16.0. The van der Waals surface area contributed by atoms with Gasteiger partial charge in [-0.05, 0) is 40.8 Å². The van der Waals surface area contributed by atoms with E-state index in [1.165, 1.54) is 20.8 Å². The number of carbonyl (C=O) groups excluding carboxylic acids is 1. The summed E-state index contributed by atoms with van der Waals surface area (Å²) >= 11 is 0. The predicted molar refractivity (Wildman–Crippen MR) is 84.6 cm³/mol. The van der Waals surface area contributed by atoms with Crippen LogP contribution in [0.25, 0.3) is 0 Å². The van der Waals surface area contributed by atoms with Crippen molar-refractivity contribution in [3.63, 3.8) is 0 Å². The van der Waals surface area contributed by atoms with Crippen molar-refractivity contribution in [3.8, 4) is 0 Å². The predicted octanol–water partition coefficient (Wildman–Crippen LogP) is 0.106. The fraction of sp³-hybridized carbons (Fsp3) is 0.667. The van der Waals surface area contributed by atoms with Crippen LogP contribution in [-0.2, 0) is 14.8 Å². The topological polar surface area (TPSA) is 113 Å². The standard InChI is InChI=1S/C12H22N4O4S.ClH/c1-8-11(10(3)20-15-8)21(18,19)16-9(2)12(17)14-7-5-6-13-4;/h9,13,16H,5-7H2,1-4H3,(H,14,17);1H. The molecule has 8 nitrogen and oxygen atoms in total. The second-order valence-electron chi connectivity index (χ2n) is 4.74. The Kier molecular flexibility index (Phi) is 8.61. The molecule has 10 heteroatoms. The first kappa shape index (κ1) is 20.8. The normalized spacial score (nSPS) is 12.5. The highest BCUT2D eigenvalue weighted by atomic mass is 35.5. The van der Waals surface area contributed by atoms with E-state index >= 15 is 0 Å². The van der Waals surface area contributed by atoms with Gasteiger partial charge in [0.2, 0.25) is 15.9 Å². The van der Waals surface area contributed by atoms with Gasteiger partial charge in [0.25, 0.3) is 0 Å². The van der Waals surface area contributed by atoms with Crippen molar-refractivity contribution in [2.24, 2.45) is 0 Å². The number of hydrogen-bond donors (Lipinski definition) is 3. The first-order valence-corrected chi connectivity index (χ1v) is 8.15. The molecule has 1 heterocycles. The molecule has 1 atom stereocenters. The maximum Gasteiger partial charge on any atom is 0.246 e. The highest BCUT2D eigenvalue weighted by Gasteiger charge is 2.27. The number of sulfonamides is 1. The van der Waals surface area contributed by atoms with E-state index in [0.29, 0.717) is 6.54 Å². The molecule has 22 heavy (non-hydrogen) atoms. The van der Waals surface area contributed by atoms with Crippen molar-refractivity contribution < 1.29 is 17.7 Å². The van der Waals surface area contributed by atoms with Crippen LogP contribution in [0.1, 0.15) is 24.8 Å². The lowest BCUT2D eigenvalue weighted by Crippen LogP contribution is -2.45. The summed E-state index contributed by atoms with van der Waals surface area (Å²) in [6.45, 7) is 5.80. The lowest BCUT2D eigenvalue weighted by molar-refractivity contribution is -0.122. The molecule has 0 aliphatic heterocycles. The Morgan fingerprint density at radius 3 is 2.45 bits per heavy atom. The molecule has 0 aliphatic carbocycles. The Bertz CT molecular complexity index is 568. The maximum atomic E-state index is 12.2. The van der Waals surface area contributed by atoms with Crippen LogP contribution in [0.5, 0.6) is 0 Å². The fourth-order valence-corrected chi connectivity index (χ4v) is 3.37. The van der Waals surface area contributed by atoms with Crippen molar-refractivity contribution in [1.82, 2.24) is 20.5 Å². The third-order valence-electron chi connectivity index (χ3n) is 2.86. The lowest BCUT2D eigenvalue weighted by atomic mass is 10.3. The van der Waals surface area contributed by atoms with Gasteiger partial charge in [0, 0.05) is 6.54 Å². The van der Waals surface area contributed by atoms with E-state index in [-0.39, 0.29) is 34.7 Å². The number of aromatic nitrogens is 1. The number of amides is 1. The molecule has 0 aliphatic rings. The van der Waals surface area contributed by atoms with Crippen molar-refractivity contribution >= 4 is 28.3 Å². The number of nitrogens with one attached hydrogen (secondary N) is 3. The minimum Gasteiger partial charge on any atom is -0.360 e. The third kappa shape index (κ3) is 5.56. The van der Waals surface area contributed by atoms with Crippen LogP contribution in [0.4, 0.5) is 0 Å². The zero-order valence-electron chi connectivity index (χ0n) is 13.1. The van der Waals surface area contributed by atoms with Crippen LogP contribution < -0.4 is 15.4 Å². The molecule has 0 radical (unpaired) electrons. The van der Waals surface area contributed by atoms with Crippen LogP contribution in [0.2, 0.25) is 0 Å². The molecule has 1 unspecified atom stereocenters. The molecule has 0 saturated heterocycles. The van der Waals surface area contributed by atoms with Crippen molar-refractivity contribution in [3.05, 3.63) is 11.5 Å². The molecule has 0 fully saturated rings. The zero-order valence-corrected chi connectivity index (χ0v) is 14.7. The van der Waals surface area contributed by atoms with Gasteiger partial charge >= 0.3 is 0 Å². The minimum absolute atomic E-state index is 0. The van der Waals surface area contributed by atoms with Crippen LogP contribution >= 0.6 is 12.4 Å². The van der Waals surface area contributed by atoms with E-state index in [1.54, 1.807) is 0 Å². The van der Waals surface area contributed by atoms with Gasteiger partial charge in [-0.25, -0.2) is 8.42 Å². The summed E-state index contributed by atoms with van der Waals surface area (Å²) in [5.74, 6) is -0.178. The van der Waals surface area contributed by atoms with Crippen LogP contribution in [0.15, 0.2) is 9.42 Å². The molecule has 0 aromatic carbocycles.